The molecule has 6 nitrogen and oxygen atoms in total. The van der Waals surface area contributed by atoms with E-state index in [-0.39, 0.29) is 24.6 Å². The molecule has 1 N–H and O–H groups in total. The molecule has 0 saturated carbocycles. The Morgan fingerprint density at radius 3 is 2.62 bits per heavy atom. The van der Waals surface area contributed by atoms with E-state index in [1.165, 1.54) is 12.2 Å². The third-order valence-electron chi connectivity index (χ3n) is 5.27. The zero-order valence-electron chi connectivity index (χ0n) is 15.9. The summed E-state index contributed by atoms with van der Waals surface area (Å²) in [5, 5.41) is 12.4. The number of ether oxygens (including phenoxy) is 2. The highest BCUT2D eigenvalue weighted by atomic mass is 16.8. The maximum atomic E-state index is 13.2. The third kappa shape index (κ3) is 3.13. The molecule has 142 valence electrons. The average Bonchev–Trinajstić information content (AvgIpc) is 3.15. The highest BCUT2D eigenvalue weighted by Crippen LogP contribution is 2.44. The first-order valence-electron chi connectivity index (χ1n) is 8.98. The summed E-state index contributed by atoms with van der Waals surface area (Å²) in [5.41, 5.74) is 1.95. The molecule has 2 aliphatic rings. The lowest BCUT2D eigenvalue weighted by atomic mass is 9.88. The van der Waals surface area contributed by atoms with Crippen molar-refractivity contribution in [1.82, 2.24) is 5.06 Å². The van der Waals surface area contributed by atoms with Gasteiger partial charge in [0.1, 0.15) is 11.3 Å². The van der Waals surface area contributed by atoms with E-state index in [1.807, 2.05) is 39.0 Å². The molecule has 2 aliphatic heterocycles. The van der Waals surface area contributed by atoms with E-state index in [0.717, 1.165) is 29.5 Å². The summed E-state index contributed by atoms with van der Waals surface area (Å²) in [7, 11) is 1.50. The highest BCUT2D eigenvalue weighted by molar-refractivity contribution is 6.23. The minimum Gasteiger partial charge on any atom is -0.509 e. The molecular formula is C20H27NO5. The number of nitrogens with zero attached hydrogens (tertiary/aromatic N) is 1. The monoisotopic (exact) mass is 361 g/mol. The van der Waals surface area contributed by atoms with Crippen molar-refractivity contribution >= 4 is 11.5 Å². The lowest BCUT2D eigenvalue weighted by Gasteiger charge is -2.35. The molecule has 1 saturated heterocycles. The van der Waals surface area contributed by atoms with Crippen molar-refractivity contribution < 1.29 is 24.2 Å². The van der Waals surface area contributed by atoms with Gasteiger partial charge in [0.05, 0.1) is 11.7 Å². The van der Waals surface area contributed by atoms with Crippen molar-refractivity contribution in [2.45, 2.75) is 51.7 Å². The number of carbonyl (C=O) groups is 1. The molecule has 26 heavy (non-hydrogen) atoms. The van der Waals surface area contributed by atoms with E-state index in [4.69, 9.17) is 14.3 Å². The van der Waals surface area contributed by atoms with Crippen molar-refractivity contribution in [2.75, 3.05) is 20.5 Å². The van der Waals surface area contributed by atoms with E-state index in [9.17, 15) is 9.90 Å². The number of rotatable bonds is 6. The fraction of sp³-hybridized carbons (Fsp3) is 0.550. The van der Waals surface area contributed by atoms with Crippen molar-refractivity contribution in [3.05, 3.63) is 40.6 Å². The van der Waals surface area contributed by atoms with Crippen LogP contribution in [-0.2, 0) is 19.1 Å². The van der Waals surface area contributed by atoms with Crippen LogP contribution in [0.2, 0.25) is 0 Å². The third-order valence-corrected chi connectivity index (χ3v) is 5.27. The van der Waals surface area contributed by atoms with Gasteiger partial charge in [-0.25, -0.2) is 9.90 Å². The highest BCUT2D eigenvalue weighted by Gasteiger charge is 2.52. The maximum Gasteiger partial charge on any atom is 0.282 e. The Bertz CT molecular complexity index is 703. The largest absolute Gasteiger partial charge is 0.509 e. The van der Waals surface area contributed by atoms with Gasteiger partial charge in [-0.1, -0.05) is 18.2 Å². The van der Waals surface area contributed by atoms with Crippen LogP contribution in [0.25, 0.3) is 5.57 Å². The number of benzene rings is 1. The fourth-order valence-electron chi connectivity index (χ4n) is 3.96. The molecule has 1 aromatic carbocycles. The molecule has 0 aromatic heterocycles. The molecule has 2 unspecified atom stereocenters. The van der Waals surface area contributed by atoms with Crippen molar-refractivity contribution in [3.8, 4) is 0 Å². The molecule has 0 bridgehead atoms. The Kier molecular flexibility index (Phi) is 5.37. The molecule has 3 rings (SSSR count). The van der Waals surface area contributed by atoms with Crippen LogP contribution in [0.1, 0.15) is 42.9 Å². The Balaban J connectivity index is 2.06. The fourth-order valence-corrected chi connectivity index (χ4v) is 3.96. The number of aliphatic hydroxyl groups excluding tert-OH is 1. The predicted molar refractivity (Wildman–Crippen MR) is 97.3 cm³/mol. The minimum absolute atomic E-state index is 0.0130. The Labute approximate surface area is 154 Å². The lowest BCUT2D eigenvalue weighted by molar-refractivity contribution is -0.245. The molecule has 2 heterocycles. The standard InChI is InChI=1S/C20H27NO5/c1-13-7-5-8-14(2)16(13)17-18(22)20(3,11-15-9-6-10-25-15)21(19(17)23)26-12-24-4/h5,7-8,15,22H,6,9-12H2,1-4H3. The van der Waals surface area contributed by atoms with Crippen LogP contribution in [0.3, 0.4) is 0 Å². The number of methoxy groups -OCH3 is 1. The second kappa shape index (κ2) is 7.39. The summed E-state index contributed by atoms with van der Waals surface area (Å²) < 4.78 is 10.7. The molecule has 0 spiro atoms. The van der Waals surface area contributed by atoms with Gasteiger partial charge < -0.3 is 14.6 Å². The first-order valence-corrected chi connectivity index (χ1v) is 8.98. The van der Waals surface area contributed by atoms with E-state index in [2.05, 4.69) is 0 Å². The zero-order valence-corrected chi connectivity index (χ0v) is 15.9. The smallest absolute Gasteiger partial charge is 0.282 e. The molecule has 1 amide bonds. The quantitative estimate of drug-likeness (QED) is 0.788. The van der Waals surface area contributed by atoms with Crippen LogP contribution in [-0.4, -0.2) is 48.2 Å². The summed E-state index contributed by atoms with van der Waals surface area (Å²) in [4.78, 5) is 18.8. The number of hydrogen-bond acceptors (Lipinski definition) is 5. The van der Waals surface area contributed by atoms with Gasteiger partial charge in [-0.2, -0.15) is 0 Å². The van der Waals surface area contributed by atoms with Gasteiger partial charge in [-0.15, -0.1) is 0 Å². The summed E-state index contributed by atoms with van der Waals surface area (Å²) >= 11 is 0. The number of hydrogen-bond donors (Lipinski definition) is 1. The number of amides is 1. The molecule has 2 atom stereocenters. The molecular weight excluding hydrogens is 334 g/mol. The van der Waals surface area contributed by atoms with Crippen LogP contribution in [0.5, 0.6) is 0 Å². The second-order valence-corrected chi connectivity index (χ2v) is 7.24. The normalized spacial score (nSPS) is 26.2. The number of carbonyl (C=O) groups excluding carboxylic acids is 1. The first kappa shape index (κ1) is 18.9. The van der Waals surface area contributed by atoms with Gasteiger partial charge >= 0.3 is 0 Å². The Hall–Kier alpha value is -1.89. The Morgan fingerprint density at radius 2 is 2.04 bits per heavy atom. The number of aryl methyl sites for hydroxylation is 2. The topological polar surface area (TPSA) is 68.2 Å². The molecule has 1 aromatic rings. The number of aliphatic hydroxyl groups is 1. The van der Waals surface area contributed by atoms with E-state index >= 15 is 0 Å². The number of hydroxylamine groups is 2. The summed E-state index contributed by atoms with van der Waals surface area (Å²) in [6, 6.07) is 5.81. The van der Waals surface area contributed by atoms with Gasteiger partial charge in [0.15, 0.2) is 6.79 Å². The summed E-state index contributed by atoms with van der Waals surface area (Å²) in [6.07, 6.45) is 2.36. The van der Waals surface area contributed by atoms with Crippen LogP contribution in [0.15, 0.2) is 24.0 Å². The van der Waals surface area contributed by atoms with Gasteiger partial charge in [0.2, 0.25) is 0 Å². The minimum atomic E-state index is -0.991. The average molecular weight is 361 g/mol. The first-order chi connectivity index (χ1) is 12.4. The van der Waals surface area contributed by atoms with Gasteiger partial charge in [0, 0.05) is 20.1 Å². The van der Waals surface area contributed by atoms with Crippen LogP contribution in [0, 0.1) is 13.8 Å². The van der Waals surface area contributed by atoms with Crippen LogP contribution in [0.4, 0.5) is 0 Å². The molecule has 0 radical (unpaired) electrons. The zero-order chi connectivity index (χ0) is 18.9. The van der Waals surface area contributed by atoms with E-state index in [1.54, 1.807) is 0 Å². The van der Waals surface area contributed by atoms with E-state index in [0.29, 0.717) is 18.6 Å². The van der Waals surface area contributed by atoms with Gasteiger partial charge in [0.25, 0.3) is 5.91 Å². The Morgan fingerprint density at radius 1 is 1.35 bits per heavy atom. The lowest BCUT2D eigenvalue weighted by Crippen LogP contribution is -2.48. The second-order valence-electron chi connectivity index (χ2n) is 7.24. The SMILES string of the molecule is COCON1C(=O)C(c2c(C)cccc2C)=C(O)C1(C)CC1CCCO1. The van der Waals surface area contributed by atoms with E-state index < -0.39 is 5.54 Å². The maximum absolute atomic E-state index is 13.2. The summed E-state index contributed by atoms with van der Waals surface area (Å²) in [6.45, 7) is 6.33. The molecule has 0 aliphatic carbocycles. The van der Waals surface area contributed by atoms with Crippen molar-refractivity contribution in [2.24, 2.45) is 0 Å². The molecule has 6 heteroatoms. The van der Waals surface area contributed by atoms with Crippen LogP contribution >= 0.6 is 0 Å². The molecule has 1 fully saturated rings. The predicted octanol–water partition coefficient (Wildman–Crippen LogP) is 3.28. The van der Waals surface area contributed by atoms with Gasteiger partial charge in [-0.05, 0) is 50.3 Å². The van der Waals surface area contributed by atoms with Crippen molar-refractivity contribution in [3.63, 3.8) is 0 Å². The van der Waals surface area contributed by atoms with Crippen molar-refractivity contribution in [1.29, 1.82) is 0 Å². The van der Waals surface area contributed by atoms with Gasteiger partial charge in [-0.3, -0.25) is 4.79 Å². The summed E-state index contributed by atoms with van der Waals surface area (Å²) in [5.74, 6) is -0.316. The van der Waals surface area contributed by atoms with Crippen LogP contribution < -0.4 is 0 Å².